The second-order valence-corrected chi connectivity index (χ2v) is 5.16. The third-order valence-electron chi connectivity index (χ3n) is 3.80. The zero-order chi connectivity index (χ0) is 15.3. The molecule has 0 aliphatic heterocycles. The molecule has 8 heteroatoms. The van der Waals surface area contributed by atoms with E-state index in [2.05, 4.69) is 4.98 Å². The standard InChI is InChI=1S/C13H17N5O3/c1-8-7-18-9-10(14-12(18)17(8)5-4-6-19)15(2)13(21)16(3)11(9)20/h7,19H,4-6H2,1-3H3. The summed E-state index contributed by atoms with van der Waals surface area (Å²) in [7, 11) is 3.06. The van der Waals surface area contributed by atoms with Gasteiger partial charge in [0.05, 0.1) is 0 Å². The number of fused-ring (bicyclic) bond motifs is 3. The Hall–Kier alpha value is -2.35. The zero-order valence-corrected chi connectivity index (χ0v) is 12.2. The van der Waals surface area contributed by atoms with Gasteiger partial charge in [-0.05, 0) is 13.3 Å². The number of rotatable bonds is 3. The van der Waals surface area contributed by atoms with Crippen molar-refractivity contribution in [1.29, 1.82) is 0 Å². The molecule has 8 nitrogen and oxygen atoms in total. The van der Waals surface area contributed by atoms with Crippen LogP contribution >= 0.6 is 0 Å². The molecule has 0 radical (unpaired) electrons. The molecule has 0 saturated carbocycles. The van der Waals surface area contributed by atoms with E-state index in [0.717, 1.165) is 10.3 Å². The minimum Gasteiger partial charge on any atom is -0.396 e. The topological polar surface area (TPSA) is 86.5 Å². The molecule has 0 aliphatic rings. The van der Waals surface area contributed by atoms with Gasteiger partial charge in [0.25, 0.3) is 5.56 Å². The highest BCUT2D eigenvalue weighted by Gasteiger charge is 2.18. The maximum Gasteiger partial charge on any atom is 0.332 e. The first-order valence-electron chi connectivity index (χ1n) is 6.72. The summed E-state index contributed by atoms with van der Waals surface area (Å²) in [5.74, 6) is 0.606. The summed E-state index contributed by atoms with van der Waals surface area (Å²) in [5.41, 5.74) is 0.951. The maximum absolute atomic E-state index is 12.4. The minimum absolute atomic E-state index is 0.0876. The van der Waals surface area contributed by atoms with E-state index in [1.807, 2.05) is 17.7 Å². The first kappa shape index (κ1) is 13.6. The Bertz CT molecular complexity index is 956. The lowest BCUT2D eigenvalue weighted by Gasteiger charge is -2.03. The third kappa shape index (κ3) is 1.75. The summed E-state index contributed by atoms with van der Waals surface area (Å²) >= 11 is 0. The number of hydrogen-bond donors (Lipinski definition) is 1. The first-order chi connectivity index (χ1) is 9.97. The largest absolute Gasteiger partial charge is 0.396 e. The van der Waals surface area contributed by atoms with Gasteiger partial charge in [-0.2, -0.15) is 4.98 Å². The molecular formula is C13H17N5O3. The molecule has 0 unspecified atom stereocenters. The number of aliphatic hydroxyl groups is 1. The fourth-order valence-corrected chi connectivity index (χ4v) is 2.64. The Kier molecular flexibility index (Phi) is 2.98. The summed E-state index contributed by atoms with van der Waals surface area (Å²) in [6.07, 6.45) is 2.43. The zero-order valence-electron chi connectivity index (χ0n) is 12.2. The van der Waals surface area contributed by atoms with Gasteiger partial charge in [-0.25, -0.2) is 4.79 Å². The highest BCUT2D eigenvalue weighted by atomic mass is 16.3. The second kappa shape index (κ2) is 4.59. The molecule has 1 N–H and O–H groups in total. The predicted octanol–water partition coefficient (Wildman–Crippen LogP) is -0.623. The lowest BCUT2D eigenvalue weighted by atomic mass is 10.4. The molecule has 0 saturated heterocycles. The van der Waals surface area contributed by atoms with Crippen molar-refractivity contribution >= 4 is 16.9 Å². The molecule has 0 bridgehead atoms. The Balaban J connectivity index is 2.45. The van der Waals surface area contributed by atoms with Crippen molar-refractivity contribution in [2.24, 2.45) is 14.1 Å². The molecule has 0 atom stereocenters. The van der Waals surface area contributed by atoms with Crippen LogP contribution in [0.15, 0.2) is 15.8 Å². The Morgan fingerprint density at radius 1 is 1.24 bits per heavy atom. The van der Waals surface area contributed by atoms with Gasteiger partial charge in [0, 0.05) is 39.1 Å². The maximum atomic E-state index is 12.4. The molecule has 0 aromatic carbocycles. The average Bonchev–Trinajstić information content (AvgIpc) is 2.96. The smallest absolute Gasteiger partial charge is 0.332 e. The average molecular weight is 291 g/mol. The van der Waals surface area contributed by atoms with Crippen LogP contribution in [0.1, 0.15) is 12.1 Å². The number of aliphatic hydroxyl groups excluding tert-OH is 1. The molecule has 0 aliphatic carbocycles. The van der Waals surface area contributed by atoms with Crippen molar-refractivity contribution in [2.75, 3.05) is 6.61 Å². The van der Waals surface area contributed by atoms with Crippen LogP contribution in [0.4, 0.5) is 0 Å². The van der Waals surface area contributed by atoms with Crippen molar-refractivity contribution < 1.29 is 5.11 Å². The monoisotopic (exact) mass is 291 g/mol. The molecule has 3 heterocycles. The quantitative estimate of drug-likeness (QED) is 0.696. The predicted molar refractivity (Wildman–Crippen MR) is 77.6 cm³/mol. The third-order valence-corrected chi connectivity index (χ3v) is 3.80. The normalized spacial score (nSPS) is 11.8. The van der Waals surface area contributed by atoms with Gasteiger partial charge in [-0.1, -0.05) is 0 Å². The van der Waals surface area contributed by atoms with E-state index in [1.165, 1.54) is 11.6 Å². The molecule has 21 heavy (non-hydrogen) atoms. The van der Waals surface area contributed by atoms with Gasteiger partial charge in [0.1, 0.15) is 0 Å². The number of nitrogens with zero attached hydrogens (tertiary/aromatic N) is 5. The molecular weight excluding hydrogens is 274 g/mol. The van der Waals surface area contributed by atoms with Crippen LogP contribution in [0.25, 0.3) is 16.9 Å². The van der Waals surface area contributed by atoms with Gasteiger partial charge < -0.3 is 9.67 Å². The van der Waals surface area contributed by atoms with Gasteiger partial charge in [0.2, 0.25) is 5.78 Å². The van der Waals surface area contributed by atoms with E-state index in [-0.39, 0.29) is 12.2 Å². The number of aromatic nitrogens is 5. The van der Waals surface area contributed by atoms with Crippen LogP contribution in [-0.2, 0) is 20.6 Å². The molecule has 0 fully saturated rings. The Morgan fingerprint density at radius 2 is 1.95 bits per heavy atom. The first-order valence-corrected chi connectivity index (χ1v) is 6.72. The van der Waals surface area contributed by atoms with Gasteiger partial charge in [-0.3, -0.25) is 18.3 Å². The molecule has 3 aromatic rings. The summed E-state index contributed by atoms with van der Waals surface area (Å²) in [6.45, 7) is 2.62. The van der Waals surface area contributed by atoms with Gasteiger partial charge in [0.15, 0.2) is 11.2 Å². The van der Waals surface area contributed by atoms with Crippen LogP contribution in [0.5, 0.6) is 0 Å². The molecule has 0 amide bonds. The Labute approximate surface area is 119 Å². The van der Waals surface area contributed by atoms with Crippen LogP contribution < -0.4 is 11.2 Å². The second-order valence-electron chi connectivity index (χ2n) is 5.16. The van der Waals surface area contributed by atoms with E-state index in [4.69, 9.17) is 5.11 Å². The molecule has 3 rings (SSSR count). The number of aryl methyl sites for hydroxylation is 3. The summed E-state index contributed by atoms with van der Waals surface area (Å²) in [6, 6.07) is 0. The van der Waals surface area contributed by atoms with Gasteiger partial charge in [-0.15, -0.1) is 0 Å². The highest BCUT2D eigenvalue weighted by molar-refractivity contribution is 5.75. The van der Waals surface area contributed by atoms with Crippen LogP contribution in [-0.4, -0.2) is 34.8 Å². The van der Waals surface area contributed by atoms with Crippen molar-refractivity contribution in [3.05, 3.63) is 32.7 Å². The van der Waals surface area contributed by atoms with E-state index < -0.39 is 5.69 Å². The summed E-state index contributed by atoms with van der Waals surface area (Å²) < 4.78 is 6.09. The van der Waals surface area contributed by atoms with Crippen molar-refractivity contribution in [2.45, 2.75) is 19.9 Å². The van der Waals surface area contributed by atoms with E-state index >= 15 is 0 Å². The van der Waals surface area contributed by atoms with E-state index in [0.29, 0.717) is 29.9 Å². The van der Waals surface area contributed by atoms with Crippen LogP contribution in [0.3, 0.4) is 0 Å². The lowest BCUT2D eigenvalue weighted by Crippen LogP contribution is -2.37. The number of imidazole rings is 2. The van der Waals surface area contributed by atoms with E-state index in [9.17, 15) is 9.59 Å². The van der Waals surface area contributed by atoms with Crippen molar-refractivity contribution in [3.8, 4) is 0 Å². The minimum atomic E-state index is -0.396. The highest BCUT2D eigenvalue weighted by Crippen LogP contribution is 2.16. The fraction of sp³-hybridized carbons (Fsp3) is 0.462. The Morgan fingerprint density at radius 3 is 2.62 bits per heavy atom. The summed E-state index contributed by atoms with van der Waals surface area (Å²) in [5, 5.41) is 8.99. The molecule has 0 spiro atoms. The summed E-state index contributed by atoms with van der Waals surface area (Å²) in [4.78, 5) is 28.8. The van der Waals surface area contributed by atoms with Crippen molar-refractivity contribution in [3.63, 3.8) is 0 Å². The van der Waals surface area contributed by atoms with Crippen molar-refractivity contribution in [1.82, 2.24) is 23.1 Å². The molecule has 112 valence electrons. The van der Waals surface area contributed by atoms with Crippen LogP contribution in [0.2, 0.25) is 0 Å². The lowest BCUT2D eigenvalue weighted by molar-refractivity contribution is 0.280. The molecule has 3 aromatic heterocycles. The number of hydrogen-bond acceptors (Lipinski definition) is 4. The van der Waals surface area contributed by atoms with E-state index in [1.54, 1.807) is 11.4 Å². The fourth-order valence-electron chi connectivity index (χ4n) is 2.64. The van der Waals surface area contributed by atoms with Gasteiger partial charge >= 0.3 is 5.69 Å². The SMILES string of the molecule is Cc1cn2c3c(=O)n(C)c(=O)n(C)c3nc2n1CCCO. The van der Waals surface area contributed by atoms with Crippen LogP contribution in [0, 0.1) is 6.92 Å².